The summed E-state index contributed by atoms with van der Waals surface area (Å²) in [5.74, 6) is 0.673. The van der Waals surface area contributed by atoms with Crippen LogP contribution in [-0.2, 0) is 0 Å². The van der Waals surface area contributed by atoms with Gasteiger partial charge in [-0.1, -0.05) is 42.5 Å². The molecule has 1 aromatic heterocycles. The monoisotopic (exact) mass is 379 g/mol. The molecule has 0 spiro atoms. The van der Waals surface area contributed by atoms with Crippen molar-refractivity contribution in [1.82, 2.24) is 9.97 Å². The van der Waals surface area contributed by atoms with Gasteiger partial charge >= 0.3 is 0 Å². The Hall–Kier alpha value is -2.93. The molecule has 2 aromatic carbocycles. The Morgan fingerprint density at radius 1 is 1.11 bits per heavy atom. The van der Waals surface area contributed by atoms with Gasteiger partial charge in [0, 0.05) is 18.8 Å². The van der Waals surface area contributed by atoms with Crippen molar-refractivity contribution in [3.63, 3.8) is 0 Å². The molecule has 4 N–H and O–H groups in total. The van der Waals surface area contributed by atoms with Gasteiger partial charge in [-0.15, -0.1) is 0 Å². The Kier molecular flexibility index (Phi) is 4.77. The van der Waals surface area contributed by atoms with Gasteiger partial charge in [0.1, 0.15) is 16.4 Å². The molecule has 4 rings (SSSR count). The molecule has 0 atom stereocenters. The molecule has 0 aliphatic carbocycles. The minimum absolute atomic E-state index is 0.151. The molecule has 7 heteroatoms. The first-order valence-corrected chi connectivity index (χ1v) is 9.47. The molecule has 1 aliphatic rings. The number of hydrogen-bond acceptors (Lipinski definition) is 5. The number of aromatic amines is 1. The lowest BCUT2D eigenvalue weighted by Gasteiger charge is -2.27. The van der Waals surface area contributed by atoms with Crippen LogP contribution in [0, 0.1) is 0 Å². The minimum Gasteiger partial charge on any atom is -0.383 e. The van der Waals surface area contributed by atoms with E-state index in [2.05, 4.69) is 20.2 Å². The summed E-state index contributed by atoms with van der Waals surface area (Å²) in [5.41, 5.74) is 6.78. The van der Waals surface area contributed by atoms with Crippen LogP contribution < -0.4 is 21.5 Å². The van der Waals surface area contributed by atoms with Crippen LogP contribution in [0.15, 0.2) is 47.3 Å². The maximum absolute atomic E-state index is 12.6. The van der Waals surface area contributed by atoms with Crippen molar-refractivity contribution in [2.45, 2.75) is 19.3 Å². The van der Waals surface area contributed by atoms with Gasteiger partial charge in [-0.25, -0.2) is 0 Å². The first-order valence-electron chi connectivity index (χ1n) is 9.07. The zero-order chi connectivity index (χ0) is 18.8. The minimum atomic E-state index is -0.318. The molecule has 6 nitrogen and oxygen atoms in total. The van der Waals surface area contributed by atoms with Gasteiger partial charge < -0.3 is 16.0 Å². The number of nitrogens with zero attached hydrogens (tertiary/aromatic N) is 2. The summed E-state index contributed by atoms with van der Waals surface area (Å²) in [5, 5.41) is 5.34. The second-order valence-corrected chi connectivity index (χ2v) is 7.12. The number of nitrogen functional groups attached to an aromatic ring is 1. The highest BCUT2D eigenvalue weighted by Crippen LogP contribution is 2.21. The summed E-state index contributed by atoms with van der Waals surface area (Å²) in [7, 11) is 0. The Bertz CT molecular complexity index is 1060. The van der Waals surface area contributed by atoms with E-state index in [1.807, 2.05) is 42.5 Å². The fourth-order valence-corrected chi connectivity index (χ4v) is 3.73. The van der Waals surface area contributed by atoms with E-state index in [4.69, 9.17) is 18.0 Å². The first kappa shape index (κ1) is 17.5. The van der Waals surface area contributed by atoms with Gasteiger partial charge in [0.05, 0.1) is 0 Å². The maximum Gasteiger partial charge on any atom is 0.264 e. The molecular weight excluding hydrogens is 358 g/mol. The average molecular weight is 379 g/mol. The van der Waals surface area contributed by atoms with Crippen LogP contribution in [0.5, 0.6) is 0 Å². The molecule has 3 aromatic rings. The van der Waals surface area contributed by atoms with Crippen LogP contribution in [0.3, 0.4) is 0 Å². The van der Waals surface area contributed by atoms with Gasteiger partial charge in [0.25, 0.3) is 5.56 Å². The number of fused-ring (bicyclic) bond motifs is 1. The molecule has 2 heterocycles. The topological polar surface area (TPSA) is 87.0 Å². The van der Waals surface area contributed by atoms with Gasteiger partial charge in [-0.05, 0) is 42.2 Å². The quantitative estimate of drug-likeness (QED) is 0.606. The number of H-pyrrole nitrogens is 1. The summed E-state index contributed by atoms with van der Waals surface area (Å²) in [6.07, 6.45) is 3.38. The van der Waals surface area contributed by atoms with E-state index in [0.717, 1.165) is 42.4 Å². The lowest BCUT2D eigenvalue weighted by atomic mass is 10.1. The molecule has 138 valence electrons. The third kappa shape index (κ3) is 3.64. The normalized spacial score (nSPS) is 14.3. The molecular formula is C20H21N5OS. The summed E-state index contributed by atoms with van der Waals surface area (Å²) >= 11 is 5.44. The number of nitrogens with two attached hydrogens (primary N) is 1. The highest BCUT2D eigenvalue weighted by atomic mass is 32.1. The second kappa shape index (κ2) is 7.36. The fourth-order valence-electron chi connectivity index (χ4n) is 3.41. The number of nitrogens with one attached hydrogen (secondary N) is 2. The number of hydrogen-bond donors (Lipinski definition) is 3. The third-order valence-corrected chi connectivity index (χ3v) is 5.13. The first-order chi connectivity index (χ1) is 13.1. The van der Waals surface area contributed by atoms with Gasteiger partial charge in [-0.2, -0.15) is 4.98 Å². The molecule has 0 radical (unpaired) electrons. The molecule has 0 saturated carbocycles. The van der Waals surface area contributed by atoms with E-state index < -0.39 is 0 Å². The van der Waals surface area contributed by atoms with Crippen LogP contribution in [-0.4, -0.2) is 28.0 Å². The average Bonchev–Trinajstić information content (AvgIpc) is 2.68. The Morgan fingerprint density at radius 3 is 2.59 bits per heavy atom. The zero-order valence-electron chi connectivity index (χ0n) is 14.9. The summed E-state index contributed by atoms with van der Waals surface area (Å²) in [6, 6.07) is 14.0. The van der Waals surface area contributed by atoms with Gasteiger partial charge in [-0.3, -0.25) is 9.78 Å². The van der Waals surface area contributed by atoms with Crippen molar-refractivity contribution >= 4 is 45.4 Å². The third-order valence-electron chi connectivity index (χ3n) is 4.82. The van der Waals surface area contributed by atoms with Crippen LogP contribution in [0.1, 0.15) is 24.8 Å². The predicted octanol–water partition coefficient (Wildman–Crippen LogP) is 3.28. The van der Waals surface area contributed by atoms with E-state index in [-0.39, 0.29) is 21.9 Å². The summed E-state index contributed by atoms with van der Waals surface area (Å²) < 4.78 is 0. The zero-order valence-corrected chi connectivity index (χ0v) is 15.7. The maximum atomic E-state index is 12.6. The van der Waals surface area contributed by atoms with E-state index >= 15 is 0 Å². The number of rotatable bonds is 3. The van der Waals surface area contributed by atoms with Crippen LogP contribution in [0.2, 0.25) is 0 Å². The van der Waals surface area contributed by atoms with E-state index in [9.17, 15) is 4.79 Å². The van der Waals surface area contributed by atoms with E-state index in [0.29, 0.717) is 5.95 Å². The molecule has 0 unspecified atom stereocenters. The number of benzene rings is 2. The van der Waals surface area contributed by atoms with Crippen LogP contribution in [0.4, 0.5) is 17.5 Å². The number of piperidine rings is 1. The molecule has 1 saturated heterocycles. The van der Waals surface area contributed by atoms with Crippen molar-refractivity contribution < 1.29 is 0 Å². The molecule has 27 heavy (non-hydrogen) atoms. The van der Waals surface area contributed by atoms with Crippen LogP contribution in [0.25, 0.3) is 10.8 Å². The number of anilines is 3. The smallest absolute Gasteiger partial charge is 0.264 e. The van der Waals surface area contributed by atoms with E-state index in [1.54, 1.807) is 0 Å². The Labute approximate surface area is 162 Å². The Balaban J connectivity index is 1.59. The molecule has 1 fully saturated rings. The summed E-state index contributed by atoms with van der Waals surface area (Å²) in [6.45, 7) is 1.75. The van der Waals surface area contributed by atoms with Crippen molar-refractivity contribution in [3.05, 3.63) is 58.4 Å². The lowest BCUT2D eigenvalue weighted by Crippen LogP contribution is -2.34. The summed E-state index contributed by atoms with van der Waals surface area (Å²) in [4.78, 5) is 22.2. The second-order valence-electron chi connectivity index (χ2n) is 6.71. The van der Waals surface area contributed by atoms with Crippen LogP contribution >= 0.6 is 12.2 Å². The number of thiocarbonyl (C=S) groups is 1. The number of aromatic nitrogens is 2. The van der Waals surface area contributed by atoms with Gasteiger partial charge in [0.2, 0.25) is 5.95 Å². The van der Waals surface area contributed by atoms with Crippen molar-refractivity contribution in [2.75, 3.05) is 29.0 Å². The lowest BCUT2D eigenvalue weighted by molar-refractivity contribution is 0.568. The van der Waals surface area contributed by atoms with Crippen molar-refractivity contribution in [3.8, 4) is 0 Å². The van der Waals surface area contributed by atoms with Crippen molar-refractivity contribution in [2.24, 2.45) is 0 Å². The predicted molar refractivity (Wildman–Crippen MR) is 115 cm³/mol. The Morgan fingerprint density at radius 2 is 1.85 bits per heavy atom. The standard InChI is InChI=1S/C20H21N5OS/c21-17-16(18(26)24-20(23-17)25-10-4-1-5-11-25)19(27)22-15-9-8-13-6-2-3-7-14(13)12-15/h2-3,6-9,12H,1,4-5,10-11H2,(H,22,27)(H3,21,23,24,26). The van der Waals surface area contributed by atoms with Gasteiger partial charge in [0.15, 0.2) is 0 Å². The fraction of sp³-hybridized carbons (Fsp3) is 0.250. The largest absolute Gasteiger partial charge is 0.383 e. The van der Waals surface area contributed by atoms with E-state index in [1.165, 1.54) is 6.42 Å². The molecule has 1 aliphatic heterocycles. The van der Waals surface area contributed by atoms with Crippen molar-refractivity contribution in [1.29, 1.82) is 0 Å². The SMILES string of the molecule is Nc1nc(N2CCCCC2)[nH]c(=O)c1C(=S)Nc1ccc2ccccc2c1. The highest BCUT2D eigenvalue weighted by Gasteiger charge is 2.18. The molecule has 0 bridgehead atoms. The highest BCUT2D eigenvalue weighted by molar-refractivity contribution is 7.81. The molecule has 0 amide bonds.